The van der Waals surface area contributed by atoms with E-state index < -0.39 is 46.7 Å². The van der Waals surface area contributed by atoms with Gasteiger partial charge in [0.15, 0.2) is 0 Å². The third kappa shape index (κ3) is 8.09. The summed E-state index contributed by atoms with van der Waals surface area (Å²) in [6, 6.07) is -0.0355. The van der Waals surface area contributed by atoms with Crippen LogP contribution in [0.2, 0.25) is 0 Å². The first-order valence-corrected chi connectivity index (χ1v) is 14.2. The topological polar surface area (TPSA) is 131 Å². The Bertz CT molecular complexity index is 1190. The molecule has 0 aromatic carbocycles. The zero-order valence-electron chi connectivity index (χ0n) is 23.3. The van der Waals surface area contributed by atoms with Crippen molar-refractivity contribution >= 4 is 29.4 Å². The van der Waals surface area contributed by atoms with E-state index in [9.17, 15) is 27.6 Å². The summed E-state index contributed by atoms with van der Waals surface area (Å²) >= 11 is 1.30. The summed E-state index contributed by atoms with van der Waals surface area (Å²) < 4.78 is 50.8. The highest BCUT2D eigenvalue weighted by Gasteiger charge is 2.45. The van der Waals surface area contributed by atoms with Gasteiger partial charge in [-0.25, -0.2) is 0 Å². The van der Waals surface area contributed by atoms with Gasteiger partial charge in [0.25, 0.3) is 17.0 Å². The van der Waals surface area contributed by atoms with Crippen LogP contribution in [0.4, 0.5) is 13.2 Å². The number of aryl methyl sites for hydroxylation is 1. The molecule has 14 heteroatoms. The van der Waals surface area contributed by atoms with E-state index in [0.717, 1.165) is 19.0 Å². The predicted molar refractivity (Wildman–Crippen MR) is 141 cm³/mol. The maximum Gasteiger partial charge on any atom is 0.450 e. The molecule has 1 fully saturated rings. The molecule has 1 aliphatic carbocycles. The number of amides is 2. The van der Waals surface area contributed by atoms with E-state index in [1.807, 2.05) is 32.8 Å². The summed E-state index contributed by atoms with van der Waals surface area (Å²) in [6.45, 7) is 5.82. The van der Waals surface area contributed by atoms with Gasteiger partial charge in [-0.15, -0.1) is 10.2 Å². The number of rotatable bonds is 12. The van der Waals surface area contributed by atoms with Gasteiger partial charge in [0.05, 0.1) is 11.6 Å². The number of halogens is 3. The van der Waals surface area contributed by atoms with Crippen LogP contribution >= 0.6 is 11.8 Å². The molecule has 2 aromatic rings. The number of nitrogens with one attached hydrogen (secondary N) is 2. The van der Waals surface area contributed by atoms with Crippen LogP contribution in [0.3, 0.4) is 0 Å². The van der Waals surface area contributed by atoms with Crippen LogP contribution in [-0.2, 0) is 11.0 Å². The van der Waals surface area contributed by atoms with E-state index in [2.05, 4.69) is 20.8 Å². The number of Topliss-reactive ketones (excluding diaryl/α,β-unsaturated/α-hetero) is 1. The lowest BCUT2D eigenvalue weighted by atomic mass is 9.80. The van der Waals surface area contributed by atoms with Crippen molar-refractivity contribution in [1.29, 1.82) is 0 Å². The van der Waals surface area contributed by atoms with Crippen molar-refractivity contribution in [2.45, 2.75) is 82.3 Å². The Hall–Kier alpha value is -2.87. The Labute approximate surface area is 235 Å². The summed E-state index contributed by atoms with van der Waals surface area (Å²) in [4.78, 5) is 42.1. The highest BCUT2D eigenvalue weighted by atomic mass is 32.2. The lowest BCUT2D eigenvalue weighted by molar-refractivity contribution is -0.153. The molecule has 2 aromatic heterocycles. The van der Waals surface area contributed by atoms with Crippen molar-refractivity contribution in [2.24, 2.45) is 5.92 Å². The van der Waals surface area contributed by atoms with Crippen LogP contribution in [0.1, 0.15) is 84.9 Å². The lowest BCUT2D eigenvalue weighted by Crippen LogP contribution is -2.62. The van der Waals surface area contributed by atoms with E-state index in [0.29, 0.717) is 18.6 Å². The fourth-order valence-electron chi connectivity index (χ4n) is 4.57. The molecule has 2 heterocycles. The molecule has 1 atom stereocenters. The van der Waals surface area contributed by atoms with Crippen molar-refractivity contribution in [3.8, 4) is 0 Å². The minimum Gasteiger partial charge on any atom is -0.456 e. The Kier molecular flexibility index (Phi) is 10.4. The van der Waals surface area contributed by atoms with Crippen molar-refractivity contribution in [1.82, 2.24) is 25.7 Å². The number of carbonyl (C=O) groups is 3. The van der Waals surface area contributed by atoms with Gasteiger partial charge in [-0.05, 0) is 52.3 Å². The quantitative estimate of drug-likeness (QED) is 0.272. The van der Waals surface area contributed by atoms with E-state index >= 15 is 0 Å². The van der Waals surface area contributed by atoms with Crippen molar-refractivity contribution in [2.75, 3.05) is 26.4 Å². The molecular formula is C26H36F3N5O5S. The van der Waals surface area contributed by atoms with Gasteiger partial charge in [0.1, 0.15) is 11.3 Å². The van der Waals surface area contributed by atoms with Gasteiger partial charge < -0.3 is 24.4 Å². The molecule has 40 heavy (non-hydrogen) atoms. The summed E-state index contributed by atoms with van der Waals surface area (Å²) in [5.41, 5.74) is -2.19. The molecule has 0 spiro atoms. The van der Waals surface area contributed by atoms with Gasteiger partial charge in [-0.2, -0.15) is 13.2 Å². The molecule has 222 valence electrons. The number of thioether (sulfide) groups is 1. The molecule has 1 saturated carbocycles. The highest BCUT2D eigenvalue weighted by Crippen LogP contribution is 2.35. The number of hydrogen-bond acceptors (Lipinski definition) is 9. The molecule has 2 amide bonds. The van der Waals surface area contributed by atoms with Gasteiger partial charge in [0.2, 0.25) is 17.5 Å². The molecule has 1 aliphatic rings. The Morgan fingerprint density at radius 3 is 2.40 bits per heavy atom. The average molecular weight is 588 g/mol. The minimum absolute atomic E-state index is 0.00810. The number of hydrogen-bond donors (Lipinski definition) is 2. The van der Waals surface area contributed by atoms with E-state index in [-0.39, 0.29) is 42.1 Å². The van der Waals surface area contributed by atoms with Crippen LogP contribution in [0, 0.1) is 12.8 Å². The second kappa shape index (κ2) is 13.2. The largest absolute Gasteiger partial charge is 0.456 e. The first-order chi connectivity index (χ1) is 18.7. The van der Waals surface area contributed by atoms with Crippen LogP contribution in [-0.4, -0.2) is 70.7 Å². The molecular weight excluding hydrogens is 551 g/mol. The number of nitrogens with zero attached hydrogens (tertiary/aromatic N) is 3. The zero-order valence-corrected chi connectivity index (χ0v) is 24.1. The van der Waals surface area contributed by atoms with E-state index in [4.69, 9.17) is 8.83 Å². The van der Waals surface area contributed by atoms with E-state index in [1.54, 1.807) is 0 Å². The Balaban J connectivity index is 1.81. The maximum atomic E-state index is 13.7. The second-order valence-corrected chi connectivity index (χ2v) is 11.8. The van der Waals surface area contributed by atoms with Gasteiger partial charge in [-0.1, -0.05) is 44.9 Å². The highest BCUT2D eigenvalue weighted by molar-refractivity contribution is 7.99. The van der Waals surface area contributed by atoms with Gasteiger partial charge in [-0.3, -0.25) is 14.4 Å². The molecule has 0 saturated heterocycles. The third-order valence-electron chi connectivity index (χ3n) is 6.56. The van der Waals surface area contributed by atoms with Crippen LogP contribution in [0.5, 0.6) is 0 Å². The molecule has 3 rings (SSSR count). The number of alkyl halides is 3. The van der Waals surface area contributed by atoms with Crippen molar-refractivity contribution < 1.29 is 36.4 Å². The number of carbonyl (C=O) groups excluding carboxylic acids is 3. The number of furan rings is 1. The predicted octanol–water partition coefficient (Wildman–Crippen LogP) is 4.49. The average Bonchev–Trinajstić information content (AvgIpc) is 3.50. The monoisotopic (exact) mass is 587 g/mol. The van der Waals surface area contributed by atoms with Crippen molar-refractivity contribution in [3.63, 3.8) is 0 Å². The van der Waals surface area contributed by atoms with Gasteiger partial charge in [0, 0.05) is 12.3 Å². The molecule has 1 unspecified atom stereocenters. The lowest BCUT2D eigenvalue weighted by Gasteiger charge is -2.37. The molecule has 0 bridgehead atoms. The summed E-state index contributed by atoms with van der Waals surface area (Å²) in [5, 5.41) is 13.3. The second-order valence-electron chi connectivity index (χ2n) is 10.7. The maximum absolute atomic E-state index is 13.7. The fourth-order valence-corrected chi connectivity index (χ4v) is 5.44. The molecule has 10 nitrogen and oxygen atoms in total. The minimum atomic E-state index is -4.88. The van der Waals surface area contributed by atoms with E-state index in [1.165, 1.54) is 18.7 Å². The number of aromatic nitrogens is 2. The van der Waals surface area contributed by atoms with Gasteiger partial charge >= 0.3 is 6.18 Å². The third-order valence-corrected chi connectivity index (χ3v) is 7.36. The Morgan fingerprint density at radius 1 is 1.12 bits per heavy atom. The summed E-state index contributed by atoms with van der Waals surface area (Å²) in [5.74, 6) is -3.37. The Morgan fingerprint density at radius 2 is 1.80 bits per heavy atom. The first kappa shape index (κ1) is 31.7. The van der Waals surface area contributed by atoms with Crippen LogP contribution < -0.4 is 10.6 Å². The summed E-state index contributed by atoms with van der Waals surface area (Å²) in [7, 11) is 3.85. The fraction of sp³-hybridized carbons (Fsp3) is 0.654. The SMILES string of the molecule is Cc1cc(C(=O)NC2(C(=O)NC(CC(C)C)C(=O)c3nnc(SCCN(C)C)o3)CCCCC2)c(C(F)(F)F)o1. The van der Waals surface area contributed by atoms with Crippen LogP contribution in [0.25, 0.3) is 0 Å². The molecule has 0 aliphatic heterocycles. The van der Waals surface area contributed by atoms with Crippen molar-refractivity contribution in [3.05, 3.63) is 29.0 Å². The summed E-state index contributed by atoms with van der Waals surface area (Å²) in [6.07, 6.45) is -2.27. The van der Waals surface area contributed by atoms with Crippen LogP contribution in [0.15, 0.2) is 20.1 Å². The smallest absolute Gasteiger partial charge is 0.450 e. The first-order valence-electron chi connectivity index (χ1n) is 13.2. The number of ketones is 1. The molecule has 2 N–H and O–H groups in total. The normalized spacial score (nSPS) is 16.2. The zero-order chi connectivity index (χ0) is 29.7. The molecule has 0 radical (unpaired) electrons. The standard InChI is InChI=1S/C26H36F3N5O5S/c1-15(2)13-18(19(35)22-32-33-24(39-22)40-12-11-34(4)5)30-23(37)25(9-7-6-8-10-25)31-21(36)17-14-16(3)38-20(17)26(27,28)29/h14-15,18H,6-13H2,1-5H3,(H,30,37)(H,31,36).